The summed E-state index contributed by atoms with van der Waals surface area (Å²) >= 11 is 3.13. The van der Waals surface area contributed by atoms with Gasteiger partial charge in [-0.2, -0.15) is 5.10 Å². The zero-order valence-electron chi connectivity index (χ0n) is 15.3. The number of fused-ring (bicyclic) bond motifs is 1. The van der Waals surface area contributed by atoms with Crippen LogP contribution in [0.1, 0.15) is 16.1 Å². The van der Waals surface area contributed by atoms with Gasteiger partial charge in [-0.15, -0.1) is 11.3 Å². The molecule has 5 rings (SSSR count). The molecule has 6 nitrogen and oxygen atoms in total. The van der Waals surface area contributed by atoms with Gasteiger partial charge in [0, 0.05) is 17.4 Å². The highest BCUT2D eigenvalue weighted by molar-refractivity contribution is 7.21. The number of thiophene rings is 1. The number of amides is 1. The first-order chi connectivity index (χ1) is 14.2. The Morgan fingerprint density at radius 2 is 2.07 bits per heavy atom. The Morgan fingerprint density at radius 1 is 1.14 bits per heavy atom. The fourth-order valence-electron chi connectivity index (χ4n) is 3.07. The van der Waals surface area contributed by atoms with Gasteiger partial charge in [0.1, 0.15) is 15.4 Å². The van der Waals surface area contributed by atoms with E-state index in [0.29, 0.717) is 5.69 Å². The molecule has 0 fully saturated rings. The molecule has 1 aromatic carbocycles. The predicted octanol–water partition coefficient (Wildman–Crippen LogP) is 5.37. The Bertz CT molecular complexity index is 1290. The van der Waals surface area contributed by atoms with E-state index in [2.05, 4.69) is 25.5 Å². The lowest BCUT2D eigenvalue weighted by Gasteiger charge is -2.10. The van der Waals surface area contributed by atoms with E-state index >= 15 is 0 Å². The molecule has 0 unspecified atom stereocenters. The van der Waals surface area contributed by atoms with Crippen LogP contribution in [0.25, 0.3) is 31.5 Å². The number of pyridine rings is 1. The lowest BCUT2D eigenvalue weighted by atomic mass is 10.1. The number of hydrogen-bond donors (Lipinski definition) is 2. The van der Waals surface area contributed by atoms with Crippen molar-refractivity contribution < 1.29 is 4.79 Å². The Hall–Kier alpha value is -3.36. The number of anilines is 1. The molecular weight excluding hydrogens is 402 g/mol. The molecule has 0 saturated heterocycles. The molecule has 0 saturated carbocycles. The van der Waals surface area contributed by atoms with E-state index in [-0.39, 0.29) is 5.91 Å². The van der Waals surface area contributed by atoms with E-state index in [4.69, 9.17) is 0 Å². The number of hydrogen-bond acceptors (Lipinski definition) is 6. The summed E-state index contributed by atoms with van der Waals surface area (Å²) in [6.45, 7) is 1.98. The topological polar surface area (TPSA) is 83.6 Å². The molecule has 142 valence electrons. The number of H-pyrrole nitrogens is 1. The van der Waals surface area contributed by atoms with Gasteiger partial charge in [-0.1, -0.05) is 29.5 Å². The first-order valence-electron chi connectivity index (χ1n) is 8.91. The van der Waals surface area contributed by atoms with Gasteiger partial charge in [-0.3, -0.25) is 9.89 Å². The monoisotopic (exact) mass is 417 g/mol. The number of benzene rings is 1. The predicted molar refractivity (Wildman–Crippen MR) is 117 cm³/mol. The number of carbonyl (C=O) groups excluding carboxylic acids is 1. The molecule has 0 aliphatic rings. The van der Waals surface area contributed by atoms with E-state index in [1.807, 2.05) is 54.8 Å². The quantitative estimate of drug-likeness (QED) is 0.412. The first-order valence-corrected chi connectivity index (χ1v) is 10.6. The van der Waals surface area contributed by atoms with Crippen LogP contribution in [0, 0.1) is 6.92 Å². The molecule has 8 heteroatoms. The van der Waals surface area contributed by atoms with Crippen LogP contribution in [-0.4, -0.2) is 26.1 Å². The molecule has 4 aromatic heterocycles. The van der Waals surface area contributed by atoms with Crippen LogP contribution in [0.3, 0.4) is 0 Å². The van der Waals surface area contributed by atoms with Gasteiger partial charge in [0.05, 0.1) is 10.6 Å². The van der Waals surface area contributed by atoms with Gasteiger partial charge in [-0.05, 0) is 48.2 Å². The van der Waals surface area contributed by atoms with Crippen LogP contribution in [-0.2, 0) is 0 Å². The maximum Gasteiger partial charge on any atom is 0.276 e. The summed E-state index contributed by atoms with van der Waals surface area (Å²) in [4.78, 5) is 23.7. The van der Waals surface area contributed by atoms with Crippen molar-refractivity contribution in [3.63, 3.8) is 0 Å². The van der Waals surface area contributed by atoms with E-state index in [0.717, 1.165) is 42.7 Å². The molecule has 0 aliphatic heterocycles. The van der Waals surface area contributed by atoms with Gasteiger partial charge in [-0.25, -0.2) is 9.97 Å². The third kappa shape index (κ3) is 3.32. The molecule has 0 spiro atoms. The van der Waals surface area contributed by atoms with Gasteiger partial charge in [0.2, 0.25) is 0 Å². The average molecular weight is 418 g/mol. The van der Waals surface area contributed by atoms with Crippen LogP contribution >= 0.6 is 22.7 Å². The van der Waals surface area contributed by atoms with Crippen molar-refractivity contribution in [2.75, 3.05) is 5.32 Å². The molecular formula is C21H15N5OS2. The summed E-state index contributed by atoms with van der Waals surface area (Å²) in [5.74, 6) is -0.254. The summed E-state index contributed by atoms with van der Waals surface area (Å²) in [6, 6.07) is 15.4. The third-order valence-corrected chi connectivity index (χ3v) is 6.49. The fraction of sp³-hybridized carbons (Fsp3) is 0.0476. The van der Waals surface area contributed by atoms with Crippen molar-refractivity contribution in [2.45, 2.75) is 6.92 Å². The van der Waals surface area contributed by atoms with E-state index in [1.165, 1.54) is 11.3 Å². The van der Waals surface area contributed by atoms with Gasteiger partial charge in [0.25, 0.3) is 5.91 Å². The van der Waals surface area contributed by atoms with Crippen LogP contribution < -0.4 is 5.32 Å². The largest absolute Gasteiger partial charge is 0.320 e. The van der Waals surface area contributed by atoms with Gasteiger partial charge >= 0.3 is 0 Å². The van der Waals surface area contributed by atoms with E-state index < -0.39 is 0 Å². The molecule has 0 bridgehead atoms. The molecule has 1 amide bonds. The number of nitrogens with one attached hydrogen (secondary N) is 2. The minimum atomic E-state index is -0.254. The fourth-order valence-corrected chi connectivity index (χ4v) is 4.75. The van der Waals surface area contributed by atoms with Crippen molar-refractivity contribution in [3.05, 3.63) is 71.4 Å². The van der Waals surface area contributed by atoms with Crippen LogP contribution in [0.4, 0.5) is 5.69 Å². The maximum absolute atomic E-state index is 12.7. The Kier molecular flexibility index (Phi) is 4.42. The highest BCUT2D eigenvalue weighted by atomic mass is 32.1. The van der Waals surface area contributed by atoms with Crippen molar-refractivity contribution in [2.24, 2.45) is 0 Å². The van der Waals surface area contributed by atoms with Crippen molar-refractivity contribution in [3.8, 4) is 21.1 Å². The Balaban J connectivity index is 1.43. The first kappa shape index (κ1) is 17.7. The van der Waals surface area contributed by atoms with Crippen molar-refractivity contribution in [1.29, 1.82) is 0 Å². The second-order valence-corrected chi connectivity index (χ2v) is 8.35. The highest BCUT2D eigenvalue weighted by Gasteiger charge is 2.16. The molecule has 5 aromatic rings. The summed E-state index contributed by atoms with van der Waals surface area (Å²) in [5.41, 5.74) is 4.72. The summed E-state index contributed by atoms with van der Waals surface area (Å²) in [7, 11) is 0. The number of rotatable bonds is 4. The van der Waals surface area contributed by atoms with Crippen LogP contribution in [0.2, 0.25) is 0 Å². The van der Waals surface area contributed by atoms with Crippen molar-refractivity contribution >= 4 is 44.6 Å². The summed E-state index contributed by atoms with van der Waals surface area (Å²) < 4.78 is 0. The van der Waals surface area contributed by atoms with Gasteiger partial charge < -0.3 is 5.32 Å². The smallest absolute Gasteiger partial charge is 0.276 e. The Labute approximate surface area is 174 Å². The number of aromatic amines is 1. The molecule has 0 radical (unpaired) electrons. The number of carbonyl (C=O) groups is 1. The lowest BCUT2D eigenvalue weighted by Crippen LogP contribution is -2.13. The minimum Gasteiger partial charge on any atom is -0.320 e. The standard InChI is InChI=1S/C21H15N5OS2/c1-12-13(20-24-15-7-3-9-22-21(15)29-20)5-2-6-14(12)23-19(27)17-11-16(25-26-17)18-8-4-10-28-18/h2-11H,1H3,(H,23,27)(H,25,26). The second-order valence-electron chi connectivity index (χ2n) is 6.42. The maximum atomic E-state index is 12.7. The number of thiazole rings is 1. The lowest BCUT2D eigenvalue weighted by molar-refractivity contribution is 0.102. The van der Waals surface area contributed by atoms with Gasteiger partial charge in [0.15, 0.2) is 5.69 Å². The number of nitrogens with zero attached hydrogens (tertiary/aromatic N) is 3. The SMILES string of the molecule is Cc1c(NC(=O)c2cc(-c3cccs3)[nH]n2)cccc1-c1nc2cccnc2s1. The zero-order chi connectivity index (χ0) is 19.8. The molecule has 4 heterocycles. The van der Waals surface area contributed by atoms with E-state index in [9.17, 15) is 4.79 Å². The average Bonchev–Trinajstić information content (AvgIpc) is 3.48. The summed E-state index contributed by atoms with van der Waals surface area (Å²) in [5, 5.41) is 12.9. The minimum absolute atomic E-state index is 0.254. The van der Waals surface area contributed by atoms with Crippen molar-refractivity contribution in [1.82, 2.24) is 20.2 Å². The normalized spacial score (nSPS) is 11.1. The second kappa shape index (κ2) is 7.23. The molecule has 0 aliphatic carbocycles. The summed E-state index contributed by atoms with van der Waals surface area (Å²) in [6.07, 6.45) is 1.77. The Morgan fingerprint density at radius 3 is 2.90 bits per heavy atom. The zero-order valence-corrected chi connectivity index (χ0v) is 17.0. The molecule has 29 heavy (non-hydrogen) atoms. The third-order valence-electron chi connectivity index (χ3n) is 4.58. The number of aromatic nitrogens is 4. The highest BCUT2D eigenvalue weighted by Crippen LogP contribution is 2.33. The molecule has 2 N–H and O–H groups in total. The van der Waals surface area contributed by atoms with Crippen LogP contribution in [0.5, 0.6) is 0 Å². The van der Waals surface area contributed by atoms with E-state index in [1.54, 1.807) is 23.6 Å². The van der Waals surface area contributed by atoms with Crippen LogP contribution in [0.15, 0.2) is 60.1 Å². The molecule has 0 atom stereocenters.